The first-order valence-electron chi connectivity index (χ1n) is 6.30. The third kappa shape index (κ3) is 3.46. The number of halogens is 3. The second-order valence-electron chi connectivity index (χ2n) is 4.59. The van der Waals surface area contributed by atoms with Crippen molar-refractivity contribution in [1.29, 1.82) is 0 Å². The van der Waals surface area contributed by atoms with Crippen molar-refractivity contribution in [3.8, 4) is 11.5 Å². The summed E-state index contributed by atoms with van der Waals surface area (Å²) in [5, 5.41) is 0. The van der Waals surface area contributed by atoms with Crippen molar-refractivity contribution in [2.75, 3.05) is 14.2 Å². The number of ether oxygens (including phenoxy) is 2. The van der Waals surface area contributed by atoms with Crippen LogP contribution in [0.1, 0.15) is 21.5 Å². The Morgan fingerprint density at radius 2 is 1.67 bits per heavy atom. The molecule has 0 radical (unpaired) electrons. The van der Waals surface area contributed by atoms with E-state index in [4.69, 9.17) is 9.47 Å². The highest BCUT2D eigenvalue weighted by molar-refractivity contribution is 9.11. The molecular weight excluding hydrogens is 464 g/mol. The van der Waals surface area contributed by atoms with Gasteiger partial charge >= 0.3 is 0 Å². The van der Waals surface area contributed by atoms with Crippen molar-refractivity contribution < 1.29 is 9.47 Å². The molecule has 0 heterocycles. The summed E-state index contributed by atoms with van der Waals surface area (Å²) in [6.07, 6.45) is 0. The number of hydrogen-bond acceptors (Lipinski definition) is 2. The summed E-state index contributed by atoms with van der Waals surface area (Å²) in [5.41, 5.74) is 3.41. The van der Waals surface area contributed by atoms with Crippen LogP contribution in [-0.4, -0.2) is 14.2 Å². The van der Waals surface area contributed by atoms with E-state index < -0.39 is 0 Å². The number of hydrogen-bond donors (Lipinski definition) is 0. The van der Waals surface area contributed by atoms with Gasteiger partial charge < -0.3 is 9.47 Å². The average Bonchev–Trinajstić information content (AvgIpc) is 2.48. The molecule has 2 nitrogen and oxygen atoms in total. The fourth-order valence-electron chi connectivity index (χ4n) is 2.14. The van der Waals surface area contributed by atoms with Gasteiger partial charge in [-0.05, 0) is 40.5 Å². The summed E-state index contributed by atoms with van der Waals surface area (Å²) >= 11 is 10.9. The Balaban J connectivity index is 2.55. The summed E-state index contributed by atoms with van der Waals surface area (Å²) in [4.78, 5) is 0.0175. The number of methoxy groups -OCH3 is 2. The molecule has 2 rings (SSSR count). The van der Waals surface area contributed by atoms with Crippen LogP contribution in [0.25, 0.3) is 0 Å². The second kappa shape index (κ2) is 7.16. The number of benzene rings is 2. The molecule has 2 aromatic carbocycles. The van der Waals surface area contributed by atoms with E-state index in [-0.39, 0.29) is 4.83 Å². The summed E-state index contributed by atoms with van der Waals surface area (Å²) in [5.74, 6) is 1.52. The van der Waals surface area contributed by atoms with Crippen molar-refractivity contribution in [1.82, 2.24) is 0 Å². The zero-order valence-electron chi connectivity index (χ0n) is 11.9. The van der Waals surface area contributed by atoms with Gasteiger partial charge in [-0.2, -0.15) is 0 Å². The molecule has 0 aliphatic rings. The molecule has 0 bridgehead atoms. The Morgan fingerprint density at radius 1 is 0.952 bits per heavy atom. The van der Waals surface area contributed by atoms with Crippen LogP contribution in [0, 0.1) is 6.92 Å². The minimum atomic E-state index is 0.0175. The second-order valence-corrected chi connectivity index (χ2v) is 7.15. The van der Waals surface area contributed by atoms with Gasteiger partial charge in [0.05, 0.1) is 19.0 Å². The topological polar surface area (TPSA) is 18.5 Å². The lowest BCUT2D eigenvalue weighted by molar-refractivity contribution is 0.386. The molecule has 2 aromatic rings. The van der Waals surface area contributed by atoms with Crippen LogP contribution in [0.4, 0.5) is 0 Å². The third-order valence-corrected chi connectivity index (χ3v) is 5.67. The van der Waals surface area contributed by atoms with Gasteiger partial charge in [0.2, 0.25) is 0 Å². The molecule has 0 saturated heterocycles. The lowest BCUT2D eigenvalue weighted by atomic mass is 10.0. The summed E-state index contributed by atoms with van der Waals surface area (Å²) < 4.78 is 12.8. The Bertz CT molecular complexity index is 656. The molecule has 0 aliphatic heterocycles. The molecule has 21 heavy (non-hydrogen) atoms. The lowest BCUT2D eigenvalue weighted by Gasteiger charge is -2.19. The van der Waals surface area contributed by atoms with Gasteiger partial charge in [-0.15, -0.1) is 0 Å². The molecule has 0 amide bonds. The summed E-state index contributed by atoms with van der Waals surface area (Å²) in [7, 11) is 3.30. The molecular formula is C16H15Br3O2. The van der Waals surface area contributed by atoms with Crippen molar-refractivity contribution in [2.45, 2.75) is 11.8 Å². The predicted molar refractivity (Wildman–Crippen MR) is 96.9 cm³/mol. The van der Waals surface area contributed by atoms with Crippen LogP contribution in [0.3, 0.4) is 0 Å². The van der Waals surface area contributed by atoms with Crippen LogP contribution >= 0.6 is 47.8 Å². The quantitative estimate of drug-likeness (QED) is 0.500. The minimum absolute atomic E-state index is 0.0175. The van der Waals surface area contributed by atoms with Crippen LogP contribution < -0.4 is 9.47 Å². The van der Waals surface area contributed by atoms with E-state index in [2.05, 4.69) is 72.9 Å². The predicted octanol–water partition coefficient (Wildman–Crippen LogP) is 6.02. The fourth-order valence-corrected chi connectivity index (χ4v) is 4.35. The maximum Gasteiger partial charge on any atom is 0.141 e. The molecule has 0 N–H and O–H groups in total. The summed E-state index contributed by atoms with van der Waals surface area (Å²) in [6.45, 7) is 2.08. The van der Waals surface area contributed by atoms with E-state index >= 15 is 0 Å². The normalized spacial score (nSPS) is 12.1. The van der Waals surface area contributed by atoms with E-state index in [1.165, 1.54) is 5.56 Å². The first-order valence-corrected chi connectivity index (χ1v) is 8.80. The van der Waals surface area contributed by atoms with Gasteiger partial charge in [0.15, 0.2) is 0 Å². The van der Waals surface area contributed by atoms with Gasteiger partial charge in [0.1, 0.15) is 16.0 Å². The maximum absolute atomic E-state index is 5.56. The Labute approximate surface area is 150 Å². The molecule has 1 unspecified atom stereocenters. The van der Waals surface area contributed by atoms with Crippen LogP contribution in [0.2, 0.25) is 0 Å². The zero-order chi connectivity index (χ0) is 15.6. The molecule has 0 saturated carbocycles. The SMILES string of the molecule is COc1ccc(C(Br)c2cc(C)ccc2Br)c(OC)c1Br. The first kappa shape index (κ1) is 16.8. The Hall–Kier alpha value is -0.520. The van der Waals surface area contributed by atoms with E-state index in [9.17, 15) is 0 Å². The molecule has 0 spiro atoms. The highest BCUT2D eigenvalue weighted by Gasteiger charge is 2.21. The van der Waals surface area contributed by atoms with Gasteiger partial charge in [-0.3, -0.25) is 0 Å². The number of aryl methyl sites for hydroxylation is 1. The highest BCUT2D eigenvalue weighted by atomic mass is 79.9. The molecule has 0 aliphatic carbocycles. The molecule has 1 atom stereocenters. The van der Waals surface area contributed by atoms with Gasteiger partial charge in [-0.25, -0.2) is 0 Å². The fraction of sp³-hybridized carbons (Fsp3) is 0.250. The monoisotopic (exact) mass is 476 g/mol. The largest absolute Gasteiger partial charge is 0.495 e. The standard InChI is InChI=1S/C16H15Br3O2/c1-9-4-6-12(17)11(8-9)14(18)10-5-7-13(20-2)15(19)16(10)21-3/h4-8,14H,1-3H3. The number of rotatable bonds is 4. The Kier molecular flexibility index (Phi) is 5.74. The van der Waals surface area contributed by atoms with Crippen molar-refractivity contribution >= 4 is 47.8 Å². The molecule has 112 valence electrons. The molecule has 0 fully saturated rings. The third-order valence-electron chi connectivity index (χ3n) is 3.21. The number of alkyl halides is 1. The smallest absolute Gasteiger partial charge is 0.141 e. The van der Waals surface area contributed by atoms with Crippen molar-refractivity contribution in [2.24, 2.45) is 0 Å². The molecule has 5 heteroatoms. The average molecular weight is 479 g/mol. The van der Waals surface area contributed by atoms with Gasteiger partial charge in [-0.1, -0.05) is 55.6 Å². The van der Waals surface area contributed by atoms with Crippen molar-refractivity contribution in [3.63, 3.8) is 0 Å². The van der Waals surface area contributed by atoms with E-state index in [0.717, 1.165) is 31.6 Å². The maximum atomic E-state index is 5.56. The van der Waals surface area contributed by atoms with Crippen LogP contribution in [0.5, 0.6) is 11.5 Å². The van der Waals surface area contributed by atoms with E-state index in [1.54, 1.807) is 14.2 Å². The van der Waals surface area contributed by atoms with Gasteiger partial charge in [0.25, 0.3) is 0 Å². The van der Waals surface area contributed by atoms with Crippen LogP contribution in [0.15, 0.2) is 39.3 Å². The minimum Gasteiger partial charge on any atom is -0.495 e. The van der Waals surface area contributed by atoms with Gasteiger partial charge in [0, 0.05) is 10.0 Å². The highest BCUT2D eigenvalue weighted by Crippen LogP contribution is 2.45. The Morgan fingerprint density at radius 3 is 2.29 bits per heavy atom. The van der Waals surface area contributed by atoms with E-state index in [1.807, 2.05) is 12.1 Å². The summed E-state index contributed by atoms with van der Waals surface area (Å²) in [6, 6.07) is 10.2. The van der Waals surface area contributed by atoms with Crippen molar-refractivity contribution in [3.05, 3.63) is 56.0 Å². The van der Waals surface area contributed by atoms with E-state index in [0.29, 0.717) is 0 Å². The lowest BCUT2D eigenvalue weighted by Crippen LogP contribution is -2.00. The first-order chi connectivity index (χ1) is 9.99. The van der Waals surface area contributed by atoms with Crippen LogP contribution in [-0.2, 0) is 0 Å². The molecule has 0 aromatic heterocycles. The zero-order valence-corrected chi connectivity index (χ0v) is 16.7.